The zero-order valence-corrected chi connectivity index (χ0v) is 10.6. The van der Waals surface area contributed by atoms with E-state index in [0.29, 0.717) is 5.75 Å². The number of hydrogen-bond acceptors (Lipinski definition) is 3. The quantitative estimate of drug-likeness (QED) is 0.882. The van der Waals surface area contributed by atoms with Gasteiger partial charge in [-0.3, -0.25) is 4.98 Å². The van der Waals surface area contributed by atoms with Gasteiger partial charge in [0.05, 0.1) is 12.8 Å². The third-order valence-corrected chi connectivity index (χ3v) is 2.74. The number of aromatic nitrogens is 1. The predicted octanol–water partition coefficient (Wildman–Crippen LogP) is 2.97. The maximum Gasteiger partial charge on any atom is 0.151 e. The summed E-state index contributed by atoms with van der Waals surface area (Å²) in [6.07, 6.45) is 3.23. The molecular formula is C12H10INO2. The van der Waals surface area contributed by atoms with Gasteiger partial charge in [0.15, 0.2) is 5.75 Å². The molecule has 0 spiro atoms. The summed E-state index contributed by atoms with van der Waals surface area (Å²) in [5, 5.41) is 9.14. The first-order chi connectivity index (χ1) is 7.79. The lowest BCUT2D eigenvalue weighted by molar-refractivity contribution is 0.276. The molecule has 0 saturated heterocycles. The second kappa shape index (κ2) is 5.27. The summed E-state index contributed by atoms with van der Waals surface area (Å²) in [7, 11) is 0. The standard InChI is InChI=1S/C12H10INO2/c13-10-2-1-3-11(6-10)16-12-7-14-5-4-9(12)8-15/h1-7,15H,8H2. The maximum absolute atomic E-state index is 9.14. The molecule has 0 fully saturated rings. The van der Waals surface area contributed by atoms with Crippen LogP contribution in [0.25, 0.3) is 0 Å². The highest BCUT2D eigenvalue weighted by Gasteiger charge is 2.03. The van der Waals surface area contributed by atoms with E-state index in [1.165, 1.54) is 0 Å². The second-order valence-corrected chi connectivity index (χ2v) is 4.45. The van der Waals surface area contributed by atoms with Crippen molar-refractivity contribution in [3.8, 4) is 11.5 Å². The first kappa shape index (κ1) is 11.3. The Labute approximate surface area is 107 Å². The number of nitrogens with zero attached hydrogens (tertiary/aromatic N) is 1. The lowest BCUT2D eigenvalue weighted by atomic mass is 10.2. The summed E-state index contributed by atoms with van der Waals surface area (Å²) < 4.78 is 6.76. The number of aliphatic hydroxyl groups excluding tert-OH is 1. The van der Waals surface area contributed by atoms with E-state index in [4.69, 9.17) is 9.84 Å². The zero-order valence-electron chi connectivity index (χ0n) is 8.43. The Balaban J connectivity index is 2.26. The van der Waals surface area contributed by atoms with Gasteiger partial charge in [0.25, 0.3) is 0 Å². The monoisotopic (exact) mass is 327 g/mol. The molecule has 2 aromatic rings. The van der Waals surface area contributed by atoms with E-state index in [2.05, 4.69) is 27.6 Å². The Morgan fingerprint density at radius 1 is 1.31 bits per heavy atom. The first-order valence-corrected chi connectivity index (χ1v) is 5.84. The summed E-state index contributed by atoms with van der Waals surface area (Å²) in [6, 6.07) is 9.45. The van der Waals surface area contributed by atoms with Gasteiger partial charge in [0.2, 0.25) is 0 Å². The lowest BCUT2D eigenvalue weighted by Gasteiger charge is -2.08. The smallest absolute Gasteiger partial charge is 0.151 e. The molecule has 1 aromatic heterocycles. The third-order valence-electron chi connectivity index (χ3n) is 2.06. The highest BCUT2D eigenvalue weighted by atomic mass is 127. The summed E-state index contributed by atoms with van der Waals surface area (Å²) in [5.41, 5.74) is 0.730. The van der Waals surface area contributed by atoms with Crippen molar-refractivity contribution in [3.63, 3.8) is 0 Å². The third kappa shape index (κ3) is 2.70. The molecule has 0 radical (unpaired) electrons. The highest BCUT2D eigenvalue weighted by molar-refractivity contribution is 14.1. The van der Waals surface area contributed by atoms with Gasteiger partial charge in [-0.05, 0) is 46.9 Å². The van der Waals surface area contributed by atoms with Crippen LogP contribution in [0.3, 0.4) is 0 Å². The molecule has 1 heterocycles. The number of halogens is 1. The molecule has 1 aromatic carbocycles. The van der Waals surface area contributed by atoms with Crippen LogP contribution in [0, 0.1) is 3.57 Å². The minimum atomic E-state index is -0.0538. The van der Waals surface area contributed by atoms with E-state index in [1.54, 1.807) is 18.5 Å². The molecule has 3 nitrogen and oxygen atoms in total. The second-order valence-electron chi connectivity index (χ2n) is 3.20. The van der Waals surface area contributed by atoms with Crippen LogP contribution >= 0.6 is 22.6 Å². The Bertz CT molecular complexity index is 488. The van der Waals surface area contributed by atoms with Crippen molar-refractivity contribution in [2.75, 3.05) is 0 Å². The molecule has 0 saturated carbocycles. The molecule has 1 N–H and O–H groups in total. The van der Waals surface area contributed by atoms with Crippen LogP contribution in [-0.2, 0) is 6.61 Å². The molecule has 0 atom stereocenters. The summed E-state index contributed by atoms with van der Waals surface area (Å²) in [5.74, 6) is 1.33. The van der Waals surface area contributed by atoms with E-state index in [0.717, 1.165) is 14.9 Å². The van der Waals surface area contributed by atoms with Gasteiger partial charge in [0, 0.05) is 15.3 Å². The highest BCUT2D eigenvalue weighted by Crippen LogP contribution is 2.25. The molecule has 82 valence electrons. The van der Waals surface area contributed by atoms with E-state index in [1.807, 2.05) is 24.3 Å². The molecule has 0 aliphatic heterocycles. The van der Waals surface area contributed by atoms with Crippen LogP contribution in [0.15, 0.2) is 42.7 Å². The van der Waals surface area contributed by atoms with Crippen LogP contribution in [0.4, 0.5) is 0 Å². The number of rotatable bonds is 3. The zero-order chi connectivity index (χ0) is 11.4. The lowest BCUT2D eigenvalue weighted by Crippen LogP contribution is -1.92. The van der Waals surface area contributed by atoms with Crippen molar-refractivity contribution in [3.05, 3.63) is 51.9 Å². The predicted molar refractivity (Wildman–Crippen MR) is 69.4 cm³/mol. The fourth-order valence-electron chi connectivity index (χ4n) is 1.29. The molecule has 0 bridgehead atoms. The van der Waals surface area contributed by atoms with Crippen molar-refractivity contribution in [2.45, 2.75) is 6.61 Å². The SMILES string of the molecule is OCc1ccncc1Oc1cccc(I)c1. The van der Waals surface area contributed by atoms with Crippen LogP contribution in [0.2, 0.25) is 0 Å². The topological polar surface area (TPSA) is 42.4 Å². The number of pyridine rings is 1. The molecule has 0 aliphatic carbocycles. The Hall–Kier alpha value is -1.14. The van der Waals surface area contributed by atoms with Gasteiger partial charge in [-0.2, -0.15) is 0 Å². The molecule has 0 unspecified atom stereocenters. The summed E-state index contributed by atoms with van der Waals surface area (Å²) >= 11 is 2.22. The van der Waals surface area contributed by atoms with E-state index in [-0.39, 0.29) is 6.61 Å². The fraction of sp³-hybridized carbons (Fsp3) is 0.0833. The van der Waals surface area contributed by atoms with Gasteiger partial charge in [-0.25, -0.2) is 0 Å². The fourth-order valence-corrected chi connectivity index (χ4v) is 1.80. The first-order valence-electron chi connectivity index (χ1n) is 4.77. The maximum atomic E-state index is 9.14. The molecule has 0 aliphatic rings. The van der Waals surface area contributed by atoms with Gasteiger partial charge in [0.1, 0.15) is 5.75 Å². The number of hydrogen-bond donors (Lipinski definition) is 1. The average Bonchev–Trinajstić information content (AvgIpc) is 2.30. The molecular weight excluding hydrogens is 317 g/mol. The van der Waals surface area contributed by atoms with Gasteiger partial charge in [-0.1, -0.05) is 6.07 Å². The minimum Gasteiger partial charge on any atom is -0.455 e. The Morgan fingerprint density at radius 2 is 2.19 bits per heavy atom. The Kier molecular flexibility index (Phi) is 3.74. The largest absolute Gasteiger partial charge is 0.455 e. The molecule has 0 amide bonds. The van der Waals surface area contributed by atoms with Crippen molar-refractivity contribution in [2.24, 2.45) is 0 Å². The number of ether oxygens (including phenoxy) is 1. The minimum absolute atomic E-state index is 0.0538. The Morgan fingerprint density at radius 3 is 2.94 bits per heavy atom. The number of aliphatic hydroxyl groups is 1. The van der Waals surface area contributed by atoms with E-state index >= 15 is 0 Å². The van der Waals surface area contributed by atoms with Crippen LogP contribution in [0.1, 0.15) is 5.56 Å². The summed E-state index contributed by atoms with van der Waals surface area (Å²) in [6.45, 7) is -0.0538. The normalized spacial score (nSPS) is 10.1. The molecule has 2 rings (SSSR count). The van der Waals surface area contributed by atoms with Crippen LogP contribution in [-0.4, -0.2) is 10.1 Å². The van der Waals surface area contributed by atoms with Crippen LogP contribution < -0.4 is 4.74 Å². The van der Waals surface area contributed by atoms with E-state index in [9.17, 15) is 0 Å². The van der Waals surface area contributed by atoms with Crippen molar-refractivity contribution in [1.29, 1.82) is 0 Å². The number of benzene rings is 1. The molecule has 16 heavy (non-hydrogen) atoms. The van der Waals surface area contributed by atoms with Crippen molar-refractivity contribution < 1.29 is 9.84 Å². The summed E-state index contributed by atoms with van der Waals surface area (Å²) in [4.78, 5) is 3.97. The van der Waals surface area contributed by atoms with Crippen molar-refractivity contribution in [1.82, 2.24) is 4.98 Å². The average molecular weight is 327 g/mol. The van der Waals surface area contributed by atoms with Crippen LogP contribution in [0.5, 0.6) is 11.5 Å². The van der Waals surface area contributed by atoms with Gasteiger partial charge >= 0.3 is 0 Å². The van der Waals surface area contributed by atoms with Gasteiger partial charge < -0.3 is 9.84 Å². The van der Waals surface area contributed by atoms with E-state index < -0.39 is 0 Å². The van der Waals surface area contributed by atoms with Crippen molar-refractivity contribution >= 4 is 22.6 Å². The molecule has 4 heteroatoms. The van der Waals surface area contributed by atoms with Gasteiger partial charge in [-0.15, -0.1) is 0 Å².